The Hall–Kier alpha value is -1.26. The van der Waals surface area contributed by atoms with Gasteiger partial charge in [0.15, 0.2) is 0 Å². The highest BCUT2D eigenvalue weighted by molar-refractivity contribution is 5.75. The van der Waals surface area contributed by atoms with E-state index in [1.807, 2.05) is 0 Å². The average Bonchev–Trinajstić information content (AvgIpc) is 2.38. The van der Waals surface area contributed by atoms with Crippen molar-refractivity contribution in [1.82, 2.24) is 15.5 Å². The lowest BCUT2D eigenvalue weighted by molar-refractivity contribution is -0.129. The topological polar surface area (TPSA) is 61.4 Å². The zero-order valence-corrected chi connectivity index (χ0v) is 13.1. The van der Waals surface area contributed by atoms with Gasteiger partial charge in [-0.2, -0.15) is 0 Å². The van der Waals surface area contributed by atoms with Gasteiger partial charge in [0, 0.05) is 32.6 Å². The maximum Gasteiger partial charge on any atom is 0.315 e. The summed E-state index contributed by atoms with van der Waals surface area (Å²) in [5, 5.41) is 5.85. The number of nitrogens with zero attached hydrogens (tertiary/aromatic N) is 1. The number of hydrogen-bond donors (Lipinski definition) is 2. The zero-order valence-electron chi connectivity index (χ0n) is 13.1. The molecule has 0 aromatic rings. The van der Waals surface area contributed by atoms with Crippen LogP contribution in [-0.4, -0.2) is 42.5 Å². The third kappa shape index (κ3) is 6.78. The summed E-state index contributed by atoms with van der Waals surface area (Å²) < 4.78 is 0. The quantitative estimate of drug-likeness (QED) is 0.784. The van der Waals surface area contributed by atoms with Gasteiger partial charge in [-0.1, -0.05) is 33.1 Å². The minimum absolute atomic E-state index is 0.0631. The van der Waals surface area contributed by atoms with E-state index in [-0.39, 0.29) is 11.9 Å². The molecule has 1 saturated carbocycles. The molecule has 0 aromatic carbocycles. The van der Waals surface area contributed by atoms with Crippen molar-refractivity contribution in [3.05, 3.63) is 0 Å². The van der Waals surface area contributed by atoms with Gasteiger partial charge in [-0.3, -0.25) is 4.79 Å². The number of urea groups is 1. The number of carbonyl (C=O) groups excluding carboxylic acids is 2. The molecule has 20 heavy (non-hydrogen) atoms. The van der Waals surface area contributed by atoms with E-state index in [0.717, 1.165) is 19.4 Å². The molecule has 3 amide bonds. The van der Waals surface area contributed by atoms with Crippen LogP contribution in [0.25, 0.3) is 0 Å². The van der Waals surface area contributed by atoms with E-state index < -0.39 is 0 Å². The van der Waals surface area contributed by atoms with E-state index in [1.54, 1.807) is 11.8 Å². The molecule has 1 rings (SSSR count). The van der Waals surface area contributed by atoms with Gasteiger partial charge in [0.2, 0.25) is 5.91 Å². The molecule has 0 bridgehead atoms. The van der Waals surface area contributed by atoms with Crippen molar-refractivity contribution in [1.29, 1.82) is 0 Å². The highest BCUT2D eigenvalue weighted by Gasteiger charge is 2.16. The third-order valence-corrected chi connectivity index (χ3v) is 3.64. The van der Waals surface area contributed by atoms with Crippen LogP contribution in [0.2, 0.25) is 0 Å². The van der Waals surface area contributed by atoms with Crippen molar-refractivity contribution in [2.75, 3.05) is 19.6 Å². The highest BCUT2D eigenvalue weighted by Crippen LogP contribution is 2.17. The fraction of sp³-hybridized carbons (Fsp3) is 0.867. The van der Waals surface area contributed by atoms with E-state index in [1.165, 1.54) is 19.3 Å². The standard InChI is InChI=1S/C15H29N3O2/c1-12(2)11-18(13(3)19)10-9-16-15(20)17-14-7-5-4-6-8-14/h12,14H,4-11H2,1-3H3,(H2,16,17,20). The van der Waals surface area contributed by atoms with E-state index in [4.69, 9.17) is 0 Å². The van der Waals surface area contributed by atoms with Gasteiger partial charge in [-0.15, -0.1) is 0 Å². The van der Waals surface area contributed by atoms with Gasteiger partial charge in [-0.05, 0) is 18.8 Å². The van der Waals surface area contributed by atoms with Crippen molar-refractivity contribution in [3.8, 4) is 0 Å². The molecule has 116 valence electrons. The van der Waals surface area contributed by atoms with E-state index in [9.17, 15) is 9.59 Å². The van der Waals surface area contributed by atoms with E-state index in [0.29, 0.717) is 25.0 Å². The van der Waals surface area contributed by atoms with Crippen molar-refractivity contribution in [2.45, 2.75) is 58.9 Å². The number of rotatable bonds is 6. The van der Waals surface area contributed by atoms with Gasteiger partial charge in [0.25, 0.3) is 0 Å². The Labute approximate surface area is 122 Å². The maximum absolute atomic E-state index is 11.8. The predicted octanol–water partition coefficient (Wildman–Crippen LogP) is 2.12. The summed E-state index contributed by atoms with van der Waals surface area (Å²) >= 11 is 0. The lowest BCUT2D eigenvalue weighted by atomic mass is 9.96. The average molecular weight is 283 g/mol. The fourth-order valence-electron chi connectivity index (χ4n) is 2.61. The van der Waals surface area contributed by atoms with Crippen molar-refractivity contribution < 1.29 is 9.59 Å². The van der Waals surface area contributed by atoms with Gasteiger partial charge >= 0.3 is 6.03 Å². The third-order valence-electron chi connectivity index (χ3n) is 3.64. The molecule has 0 atom stereocenters. The first-order valence-electron chi connectivity index (χ1n) is 7.79. The summed E-state index contributed by atoms with van der Waals surface area (Å²) in [6.07, 6.45) is 5.86. The Morgan fingerprint density at radius 3 is 2.40 bits per heavy atom. The van der Waals surface area contributed by atoms with Crippen LogP contribution in [0.1, 0.15) is 52.9 Å². The number of hydrogen-bond acceptors (Lipinski definition) is 2. The summed E-state index contributed by atoms with van der Waals surface area (Å²) in [6, 6.07) is 0.216. The first-order valence-corrected chi connectivity index (χ1v) is 7.79. The monoisotopic (exact) mass is 283 g/mol. The lowest BCUT2D eigenvalue weighted by Gasteiger charge is -2.25. The predicted molar refractivity (Wildman–Crippen MR) is 80.5 cm³/mol. The van der Waals surface area contributed by atoms with Crippen LogP contribution < -0.4 is 10.6 Å². The molecule has 1 aliphatic carbocycles. The Morgan fingerprint density at radius 1 is 1.20 bits per heavy atom. The van der Waals surface area contributed by atoms with Gasteiger partial charge in [-0.25, -0.2) is 4.79 Å². The van der Waals surface area contributed by atoms with Crippen LogP contribution >= 0.6 is 0 Å². The van der Waals surface area contributed by atoms with Gasteiger partial charge in [0.05, 0.1) is 0 Å². The van der Waals surface area contributed by atoms with Gasteiger partial charge < -0.3 is 15.5 Å². The molecule has 0 aliphatic heterocycles. The van der Waals surface area contributed by atoms with Crippen LogP contribution in [0, 0.1) is 5.92 Å². The maximum atomic E-state index is 11.8. The molecule has 0 spiro atoms. The summed E-state index contributed by atoms with van der Waals surface area (Å²) in [4.78, 5) is 25.0. The van der Waals surface area contributed by atoms with Crippen molar-refractivity contribution >= 4 is 11.9 Å². The largest absolute Gasteiger partial charge is 0.341 e. The molecule has 0 radical (unpaired) electrons. The SMILES string of the molecule is CC(=O)N(CCNC(=O)NC1CCCCC1)CC(C)C. The smallest absolute Gasteiger partial charge is 0.315 e. The molecule has 1 fully saturated rings. The molecule has 0 aromatic heterocycles. The number of amides is 3. The summed E-state index contributed by atoms with van der Waals surface area (Å²) in [7, 11) is 0. The molecule has 5 heteroatoms. The van der Waals surface area contributed by atoms with Crippen molar-refractivity contribution in [3.63, 3.8) is 0 Å². The minimum atomic E-state index is -0.107. The van der Waals surface area contributed by atoms with E-state index in [2.05, 4.69) is 24.5 Å². The van der Waals surface area contributed by atoms with Gasteiger partial charge in [0.1, 0.15) is 0 Å². The highest BCUT2D eigenvalue weighted by atomic mass is 16.2. The second-order valence-corrected chi connectivity index (χ2v) is 6.09. The first-order chi connectivity index (χ1) is 9.49. The van der Waals surface area contributed by atoms with E-state index >= 15 is 0 Å². The summed E-state index contributed by atoms with van der Waals surface area (Å²) in [5.74, 6) is 0.503. The second kappa shape index (κ2) is 8.82. The normalized spacial score (nSPS) is 16.0. The van der Waals surface area contributed by atoms with Crippen LogP contribution in [0.15, 0.2) is 0 Å². The Morgan fingerprint density at radius 2 is 1.85 bits per heavy atom. The molecule has 0 unspecified atom stereocenters. The number of carbonyl (C=O) groups is 2. The zero-order chi connectivity index (χ0) is 15.0. The van der Waals surface area contributed by atoms with Crippen LogP contribution in [0.4, 0.5) is 4.79 Å². The van der Waals surface area contributed by atoms with Crippen LogP contribution in [0.5, 0.6) is 0 Å². The molecule has 2 N–H and O–H groups in total. The molecular weight excluding hydrogens is 254 g/mol. The lowest BCUT2D eigenvalue weighted by Crippen LogP contribution is -2.46. The molecule has 1 aliphatic rings. The molecular formula is C15H29N3O2. The van der Waals surface area contributed by atoms with Crippen LogP contribution in [0.3, 0.4) is 0 Å². The Kier molecular flexibility index (Phi) is 7.41. The van der Waals surface area contributed by atoms with Crippen LogP contribution in [-0.2, 0) is 4.79 Å². The molecule has 0 saturated heterocycles. The minimum Gasteiger partial charge on any atom is -0.341 e. The second-order valence-electron chi connectivity index (χ2n) is 6.09. The Balaban J connectivity index is 2.20. The summed E-state index contributed by atoms with van der Waals surface area (Å²) in [6.45, 7) is 7.56. The fourth-order valence-corrected chi connectivity index (χ4v) is 2.61. The molecule has 5 nitrogen and oxygen atoms in total. The summed E-state index contributed by atoms with van der Waals surface area (Å²) in [5.41, 5.74) is 0. The molecule has 0 heterocycles. The number of nitrogens with one attached hydrogen (secondary N) is 2. The van der Waals surface area contributed by atoms with Crippen molar-refractivity contribution in [2.24, 2.45) is 5.92 Å². The first kappa shape index (κ1) is 16.8. The Bertz CT molecular complexity index is 312.